The molecule has 0 aliphatic carbocycles. The predicted molar refractivity (Wildman–Crippen MR) is 154 cm³/mol. The van der Waals surface area contributed by atoms with E-state index in [0.717, 1.165) is 41.5 Å². The van der Waals surface area contributed by atoms with Gasteiger partial charge in [-0.3, -0.25) is 5.01 Å². The van der Waals surface area contributed by atoms with Gasteiger partial charge < -0.3 is 9.64 Å². The Morgan fingerprint density at radius 1 is 0.703 bits per heavy atom. The van der Waals surface area contributed by atoms with Crippen molar-refractivity contribution in [2.75, 3.05) is 23.1 Å². The minimum atomic E-state index is 0.235. The molecule has 0 radical (unpaired) electrons. The van der Waals surface area contributed by atoms with Crippen LogP contribution < -0.4 is 9.91 Å². The maximum atomic E-state index is 5.52. The lowest BCUT2D eigenvalue weighted by atomic mass is 10.1. The van der Waals surface area contributed by atoms with Gasteiger partial charge in [-0.2, -0.15) is 5.10 Å². The third-order valence-electron chi connectivity index (χ3n) is 6.58. The van der Waals surface area contributed by atoms with Gasteiger partial charge in [-0.1, -0.05) is 78.4 Å². The summed E-state index contributed by atoms with van der Waals surface area (Å²) < 4.78 is 5.52. The van der Waals surface area contributed by atoms with Crippen LogP contribution in [0.25, 0.3) is 10.8 Å². The monoisotopic (exact) mass is 483 g/mol. The third-order valence-corrected chi connectivity index (χ3v) is 6.58. The maximum Gasteiger partial charge on any atom is 0.101 e. The number of hydrogen-bond donors (Lipinski definition) is 0. The molecule has 1 unspecified atom stereocenters. The lowest BCUT2D eigenvalue weighted by molar-refractivity contribution is 0.408. The highest BCUT2D eigenvalue weighted by Crippen LogP contribution is 2.34. The number of ether oxygens (including phenoxy) is 1. The highest BCUT2D eigenvalue weighted by molar-refractivity contribution is 5.87. The molecule has 5 aromatic rings. The van der Waals surface area contributed by atoms with Crippen LogP contribution in [0.1, 0.15) is 11.1 Å². The van der Waals surface area contributed by atoms with E-state index in [0.29, 0.717) is 0 Å². The first-order valence-corrected chi connectivity index (χ1v) is 12.7. The Hall–Kier alpha value is -4.41. The van der Waals surface area contributed by atoms with Crippen molar-refractivity contribution in [1.29, 1.82) is 0 Å². The molecule has 37 heavy (non-hydrogen) atoms. The van der Waals surface area contributed by atoms with Crippen LogP contribution in [-0.4, -0.2) is 25.5 Å². The van der Waals surface area contributed by atoms with Crippen LogP contribution in [0.3, 0.4) is 0 Å². The van der Waals surface area contributed by atoms with Gasteiger partial charge in [-0.05, 0) is 71.8 Å². The fourth-order valence-electron chi connectivity index (χ4n) is 4.55. The van der Waals surface area contributed by atoms with Crippen LogP contribution >= 0.6 is 0 Å². The number of nitrogens with zero attached hydrogens (tertiary/aromatic N) is 3. The van der Waals surface area contributed by atoms with E-state index in [1.165, 1.54) is 16.3 Å². The molecule has 5 aromatic carbocycles. The van der Waals surface area contributed by atoms with Crippen LogP contribution in [0.2, 0.25) is 0 Å². The van der Waals surface area contributed by atoms with E-state index in [1.807, 2.05) is 23.4 Å². The molecule has 4 nitrogen and oxygen atoms in total. The van der Waals surface area contributed by atoms with Crippen LogP contribution in [0.15, 0.2) is 126 Å². The number of epoxide rings is 1. The van der Waals surface area contributed by atoms with Crippen molar-refractivity contribution >= 4 is 39.7 Å². The summed E-state index contributed by atoms with van der Waals surface area (Å²) in [4.78, 5) is 2.26. The van der Waals surface area contributed by atoms with Crippen molar-refractivity contribution in [1.82, 2.24) is 0 Å². The van der Waals surface area contributed by atoms with Gasteiger partial charge in [0.2, 0.25) is 0 Å². The molecule has 1 fully saturated rings. The zero-order valence-corrected chi connectivity index (χ0v) is 20.9. The fourth-order valence-corrected chi connectivity index (χ4v) is 4.55. The Kier molecular flexibility index (Phi) is 6.40. The Morgan fingerprint density at radius 3 is 1.92 bits per heavy atom. The molecule has 1 aliphatic rings. The number of rotatable bonds is 8. The third kappa shape index (κ3) is 5.40. The summed E-state index contributed by atoms with van der Waals surface area (Å²) >= 11 is 0. The number of hydrazone groups is 1. The molecule has 1 saturated heterocycles. The first kappa shape index (κ1) is 23.0. The minimum Gasteiger partial charge on any atom is -0.371 e. The van der Waals surface area contributed by atoms with E-state index in [1.54, 1.807) is 0 Å². The van der Waals surface area contributed by atoms with Crippen LogP contribution in [-0.2, 0) is 4.74 Å². The number of hydrogen-bond acceptors (Lipinski definition) is 4. The molecule has 0 saturated carbocycles. The summed E-state index contributed by atoms with van der Waals surface area (Å²) in [5.41, 5.74) is 6.72. The predicted octanol–water partition coefficient (Wildman–Crippen LogP) is 7.86. The number of fused-ring (bicyclic) bond motifs is 1. The zero-order chi connectivity index (χ0) is 25.0. The molecule has 1 atom stereocenters. The topological polar surface area (TPSA) is 31.4 Å². The van der Waals surface area contributed by atoms with E-state index in [2.05, 4.69) is 121 Å². The van der Waals surface area contributed by atoms with E-state index in [-0.39, 0.29) is 6.10 Å². The van der Waals surface area contributed by atoms with Gasteiger partial charge in [-0.15, -0.1) is 0 Å². The number of anilines is 4. The van der Waals surface area contributed by atoms with E-state index in [9.17, 15) is 0 Å². The summed E-state index contributed by atoms with van der Waals surface area (Å²) in [6.07, 6.45) is 2.17. The van der Waals surface area contributed by atoms with E-state index >= 15 is 0 Å². The first-order chi connectivity index (χ1) is 18.2. The van der Waals surface area contributed by atoms with Gasteiger partial charge in [0.05, 0.1) is 25.1 Å². The molecule has 0 amide bonds. The molecular weight excluding hydrogens is 454 g/mol. The number of aryl methyl sites for hydroxylation is 1. The second kappa shape index (κ2) is 10.3. The van der Waals surface area contributed by atoms with Gasteiger partial charge in [-0.25, -0.2) is 0 Å². The lowest BCUT2D eigenvalue weighted by Gasteiger charge is -2.25. The Morgan fingerprint density at radius 2 is 1.27 bits per heavy atom. The molecule has 0 N–H and O–H groups in total. The fraction of sp³-hybridized carbons (Fsp3) is 0.121. The zero-order valence-electron chi connectivity index (χ0n) is 20.9. The number of benzene rings is 5. The van der Waals surface area contributed by atoms with Crippen molar-refractivity contribution in [2.24, 2.45) is 5.10 Å². The SMILES string of the molecule is Cc1ccc2cc(N(CC3CO3)N=Cc3ccc(N(c4ccccc4)c4ccccc4)cc3)ccc2c1. The second-order valence-electron chi connectivity index (χ2n) is 9.41. The van der Waals surface area contributed by atoms with Gasteiger partial charge in [0, 0.05) is 17.1 Å². The molecular formula is C33H29N3O. The highest BCUT2D eigenvalue weighted by atomic mass is 16.6. The van der Waals surface area contributed by atoms with Crippen molar-refractivity contribution in [3.63, 3.8) is 0 Å². The minimum absolute atomic E-state index is 0.235. The van der Waals surface area contributed by atoms with Crippen molar-refractivity contribution in [3.8, 4) is 0 Å². The molecule has 0 spiro atoms. The quantitative estimate of drug-likeness (QED) is 0.128. The van der Waals surface area contributed by atoms with Crippen molar-refractivity contribution in [2.45, 2.75) is 13.0 Å². The molecule has 1 heterocycles. The average molecular weight is 484 g/mol. The van der Waals surface area contributed by atoms with Crippen LogP contribution in [0, 0.1) is 6.92 Å². The summed E-state index contributed by atoms with van der Waals surface area (Å²) in [7, 11) is 0. The highest BCUT2D eigenvalue weighted by Gasteiger charge is 2.25. The van der Waals surface area contributed by atoms with Gasteiger partial charge >= 0.3 is 0 Å². The molecule has 0 bridgehead atoms. The normalized spacial score (nSPS) is 14.7. The lowest BCUT2D eigenvalue weighted by Crippen LogP contribution is -2.22. The second-order valence-corrected chi connectivity index (χ2v) is 9.41. The van der Waals surface area contributed by atoms with E-state index in [4.69, 9.17) is 9.84 Å². The maximum absolute atomic E-state index is 5.52. The van der Waals surface area contributed by atoms with E-state index < -0.39 is 0 Å². The smallest absolute Gasteiger partial charge is 0.101 e. The summed E-state index contributed by atoms with van der Waals surface area (Å²) in [6.45, 7) is 3.66. The average Bonchev–Trinajstić information content (AvgIpc) is 3.77. The summed E-state index contributed by atoms with van der Waals surface area (Å²) in [6, 6.07) is 42.5. The Bertz CT molecular complexity index is 1470. The largest absolute Gasteiger partial charge is 0.371 e. The standard InChI is InChI=1S/C33H29N3O/c1-25-12-15-28-21-32(19-16-27(28)20-25)35(23-33-24-37-33)34-22-26-13-17-31(18-14-26)36(29-8-4-2-5-9-29)30-10-6-3-7-11-30/h2-22,33H,23-24H2,1H3. The molecule has 0 aromatic heterocycles. The Balaban J connectivity index is 1.27. The molecule has 4 heteroatoms. The van der Waals surface area contributed by atoms with Crippen molar-refractivity contribution in [3.05, 3.63) is 132 Å². The van der Waals surface area contributed by atoms with Crippen molar-refractivity contribution < 1.29 is 4.74 Å². The molecule has 6 rings (SSSR count). The van der Waals surface area contributed by atoms with Gasteiger partial charge in [0.1, 0.15) is 6.10 Å². The summed E-state index contributed by atoms with van der Waals surface area (Å²) in [5, 5.41) is 9.38. The summed E-state index contributed by atoms with van der Waals surface area (Å²) in [5.74, 6) is 0. The number of para-hydroxylation sites is 2. The first-order valence-electron chi connectivity index (χ1n) is 12.7. The van der Waals surface area contributed by atoms with Gasteiger partial charge in [0.15, 0.2) is 0 Å². The molecule has 1 aliphatic heterocycles. The van der Waals surface area contributed by atoms with Crippen LogP contribution in [0.5, 0.6) is 0 Å². The van der Waals surface area contributed by atoms with Crippen LogP contribution in [0.4, 0.5) is 22.7 Å². The van der Waals surface area contributed by atoms with Gasteiger partial charge in [0.25, 0.3) is 0 Å². The Labute approximate surface area is 218 Å². The molecule has 182 valence electrons.